The summed E-state index contributed by atoms with van der Waals surface area (Å²) in [5.74, 6) is 0. The molecule has 2 fully saturated rings. The summed E-state index contributed by atoms with van der Waals surface area (Å²) in [7, 11) is 2.28. The van der Waals surface area contributed by atoms with Crippen molar-refractivity contribution < 1.29 is 0 Å². The largest absolute Gasteiger partial charge is 0.300 e. The summed E-state index contributed by atoms with van der Waals surface area (Å²) in [4.78, 5) is 2.57. The fourth-order valence-electron chi connectivity index (χ4n) is 4.31. The molecule has 5 rings (SSSR count). The number of hydrogen-bond donors (Lipinski definition) is 0. The summed E-state index contributed by atoms with van der Waals surface area (Å²) in [6, 6.07) is 10.7. The van der Waals surface area contributed by atoms with Gasteiger partial charge >= 0.3 is 0 Å². The standard InChI is InChI=1S/C18H20N4S/c1-21-14-3-4-15(21)10-16(9-14)22-11-17(19-20-22)12-2-5-18-13(8-12)6-7-23-18/h2,5-8,11,14-16H,3-4,9-10H2,1H3/t14-,15+,16?. The van der Waals surface area contributed by atoms with Crippen LogP contribution in [0.1, 0.15) is 31.7 Å². The second-order valence-electron chi connectivity index (χ2n) is 6.93. The Morgan fingerprint density at radius 2 is 1.91 bits per heavy atom. The number of fused-ring (bicyclic) bond motifs is 3. The lowest BCUT2D eigenvalue weighted by Gasteiger charge is -2.36. The van der Waals surface area contributed by atoms with Crippen molar-refractivity contribution in [2.24, 2.45) is 0 Å². The van der Waals surface area contributed by atoms with Crippen LogP contribution in [0.2, 0.25) is 0 Å². The predicted octanol–water partition coefficient (Wildman–Crippen LogP) is 3.96. The van der Waals surface area contributed by atoms with Crippen LogP contribution in [-0.2, 0) is 0 Å². The smallest absolute Gasteiger partial charge is 0.113 e. The summed E-state index contributed by atoms with van der Waals surface area (Å²) >= 11 is 1.78. The second kappa shape index (κ2) is 5.14. The Kier molecular flexibility index (Phi) is 3.06. The topological polar surface area (TPSA) is 34.0 Å². The van der Waals surface area contributed by atoms with Crippen molar-refractivity contribution in [2.75, 3.05) is 7.05 Å². The van der Waals surface area contributed by atoms with Crippen molar-refractivity contribution in [2.45, 2.75) is 43.8 Å². The fourth-order valence-corrected chi connectivity index (χ4v) is 5.08. The molecule has 1 aromatic carbocycles. The van der Waals surface area contributed by atoms with Gasteiger partial charge in [-0.3, -0.25) is 0 Å². The fraction of sp³-hybridized carbons (Fsp3) is 0.444. The molecule has 0 aliphatic carbocycles. The predicted molar refractivity (Wildman–Crippen MR) is 93.7 cm³/mol. The quantitative estimate of drug-likeness (QED) is 0.715. The van der Waals surface area contributed by atoms with Crippen molar-refractivity contribution in [3.63, 3.8) is 0 Å². The van der Waals surface area contributed by atoms with E-state index in [1.165, 1.54) is 35.8 Å². The van der Waals surface area contributed by atoms with Gasteiger partial charge in [-0.2, -0.15) is 0 Å². The molecule has 2 aliphatic heterocycles. The van der Waals surface area contributed by atoms with Crippen LogP contribution >= 0.6 is 11.3 Å². The molecular weight excluding hydrogens is 304 g/mol. The van der Waals surface area contributed by atoms with Crippen LogP contribution in [-0.4, -0.2) is 39.0 Å². The summed E-state index contributed by atoms with van der Waals surface area (Å²) in [6.45, 7) is 0. The third-order valence-electron chi connectivity index (χ3n) is 5.71. The monoisotopic (exact) mass is 324 g/mol. The van der Waals surface area contributed by atoms with Crippen LogP contribution in [0.3, 0.4) is 0 Å². The molecule has 1 unspecified atom stereocenters. The SMILES string of the molecule is CN1[C@@H]2CC[C@H]1CC(n1cc(-c3ccc4sccc4c3)nn1)C2. The van der Waals surface area contributed by atoms with E-state index >= 15 is 0 Å². The number of benzene rings is 1. The summed E-state index contributed by atoms with van der Waals surface area (Å²) in [5, 5.41) is 12.3. The Morgan fingerprint density at radius 1 is 1.09 bits per heavy atom. The highest BCUT2D eigenvalue weighted by molar-refractivity contribution is 7.17. The maximum atomic E-state index is 4.46. The molecule has 3 atom stereocenters. The van der Waals surface area contributed by atoms with E-state index in [9.17, 15) is 0 Å². The zero-order chi connectivity index (χ0) is 15.4. The van der Waals surface area contributed by atoms with Gasteiger partial charge in [0.05, 0.1) is 12.2 Å². The molecule has 23 heavy (non-hydrogen) atoms. The second-order valence-corrected chi connectivity index (χ2v) is 7.88. The molecule has 2 saturated heterocycles. The normalized spacial score (nSPS) is 27.8. The van der Waals surface area contributed by atoms with Gasteiger partial charge in [0.15, 0.2) is 0 Å². The molecule has 0 amide bonds. The van der Waals surface area contributed by atoms with Gasteiger partial charge < -0.3 is 4.90 Å². The van der Waals surface area contributed by atoms with Crippen molar-refractivity contribution in [1.29, 1.82) is 0 Å². The molecule has 0 radical (unpaired) electrons. The highest BCUT2D eigenvalue weighted by Gasteiger charge is 2.39. The van der Waals surface area contributed by atoms with E-state index in [0.29, 0.717) is 6.04 Å². The lowest BCUT2D eigenvalue weighted by molar-refractivity contribution is 0.130. The summed E-state index contributed by atoms with van der Waals surface area (Å²) < 4.78 is 3.44. The van der Waals surface area contributed by atoms with Gasteiger partial charge in [-0.15, -0.1) is 16.4 Å². The Labute approximate surface area is 139 Å². The minimum Gasteiger partial charge on any atom is -0.300 e. The molecule has 2 aromatic heterocycles. The van der Waals surface area contributed by atoms with Gasteiger partial charge in [-0.25, -0.2) is 4.68 Å². The van der Waals surface area contributed by atoms with E-state index < -0.39 is 0 Å². The van der Waals surface area contributed by atoms with E-state index in [1.54, 1.807) is 11.3 Å². The molecular formula is C18H20N4S. The average Bonchev–Trinajstić information content (AvgIpc) is 3.25. The first-order valence-corrected chi connectivity index (χ1v) is 9.27. The summed E-state index contributed by atoms with van der Waals surface area (Å²) in [5.41, 5.74) is 2.16. The van der Waals surface area contributed by atoms with Crippen molar-refractivity contribution in [3.8, 4) is 11.3 Å². The lowest BCUT2D eigenvalue weighted by Crippen LogP contribution is -2.40. The zero-order valence-electron chi connectivity index (χ0n) is 13.2. The molecule has 0 spiro atoms. The molecule has 4 nitrogen and oxygen atoms in total. The van der Waals surface area contributed by atoms with Crippen molar-refractivity contribution >= 4 is 21.4 Å². The number of piperidine rings is 1. The lowest BCUT2D eigenvalue weighted by atomic mass is 9.98. The van der Waals surface area contributed by atoms with E-state index in [1.807, 2.05) is 0 Å². The number of thiophene rings is 1. The van der Waals surface area contributed by atoms with Gasteiger partial charge in [0.2, 0.25) is 0 Å². The molecule has 0 saturated carbocycles. The molecule has 3 aromatic rings. The van der Waals surface area contributed by atoms with Crippen molar-refractivity contribution in [3.05, 3.63) is 35.8 Å². The van der Waals surface area contributed by atoms with Gasteiger partial charge in [0.25, 0.3) is 0 Å². The molecule has 2 aliphatic rings. The minimum atomic E-state index is 0.509. The average molecular weight is 324 g/mol. The Morgan fingerprint density at radius 3 is 2.74 bits per heavy atom. The first-order chi connectivity index (χ1) is 11.3. The minimum absolute atomic E-state index is 0.509. The van der Waals surface area contributed by atoms with E-state index in [-0.39, 0.29) is 0 Å². The first kappa shape index (κ1) is 13.7. The van der Waals surface area contributed by atoms with E-state index in [2.05, 4.69) is 62.8 Å². The summed E-state index contributed by atoms with van der Waals surface area (Å²) in [6.07, 6.45) is 7.24. The number of nitrogens with zero attached hydrogens (tertiary/aromatic N) is 4. The number of hydrogen-bond acceptors (Lipinski definition) is 4. The van der Waals surface area contributed by atoms with Gasteiger partial charge in [0.1, 0.15) is 5.69 Å². The van der Waals surface area contributed by atoms with Gasteiger partial charge in [-0.1, -0.05) is 11.3 Å². The molecule has 4 heterocycles. The molecule has 2 bridgehead atoms. The van der Waals surface area contributed by atoms with Crippen LogP contribution in [0.25, 0.3) is 21.3 Å². The molecule has 0 N–H and O–H groups in total. The van der Waals surface area contributed by atoms with Crippen molar-refractivity contribution in [1.82, 2.24) is 19.9 Å². The van der Waals surface area contributed by atoms with Crippen LogP contribution < -0.4 is 0 Å². The Bertz CT molecular complexity index is 837. The van der Waals surface area contributed by atoms with Crippen LogP contribution in [0.5, 0.6) is 0 Å². The number of rotatable bonds is 2. The Balaban J connectivity index is 1.44. The van der Waals surface area contributed by atoms with Gasteiger partial charge in [0, 0.05) is 22.3 Å². The number of aromatic nitrogens is 3. The highest BCUT2D eigenvalue weighted by Crippen LogP contribution is 2.39. The van der Waals surface area contributed by atoms with E-state index in [4.69, 9.17) is 0 Å². The first-order valence-electron chi connectivity index (χ1n) is 8.39. The third kappa shape index (κ3) is 2.22. The van der Waals surface area contributed by atoms with Crippen LogP contribution in [0.15, 0.2) is 35.8 Å². The van der Waals surface area contributed by atoms with Crippen LogP contribution in [0.4, 0.5) is 0 Å². The maximum absolute atomic E-state index is 4.46. The van der Waals surface area contributed by atoms with Gasteiger partial charge in [-0.05, 0) is 61.7 Å². The highest BCUT2D eigenvalue weighted by atomic mass is 32.1. The zero-order valence-corrected chi connectivity index (χ0v) is 14.0. The maximum Gasteiger partial charge on any atom is 0.113 e. The Hall–Kier alpha value is -1.72. The third-order valence-corrected chi connectivity index (χ3v) is 6.60. The van der Waals surface area contributed by atoms with E-state index in [0.717, 1.165) is 23.3 Å². The molecule has 5 heteroatoms. The molecule has 118 valence electrons. The van der Waals surface area contributed by atoms with Crippen LogP contribution in [0, 0.1) is 0 Å².